The van der Waals surface area contributed by atoms with Crippen molar-refractivity contribution in [3.8, 4) is 0 Å². The lowest BCUT2D eigenvalue weighted by molar-refractivity contribution is -0.169. The maximum Gasteiger partial charge on any atom is 0.161 e. The first-order chi connectivity index (χ1) is 8.63. The fourth-order valence-corrected chi connectivity index (χ4v) is 4.58. The molecule has 1 heterocycles. The molecule has 0 bridgehead atoms. The van der Waals surface area contributed by atoms with E-state index < -0.39 is 0 Å². The van der Waals surface area contributed by atoms with Crippen molar-refractivity contribution >= 4 is 5.78 Å². The Morgan fingerprint density at radius 3 is 2.56 bits per heavy atom. The highest BCUT2D eigenvalue weighted by molar-refractivity contribution is 5.82. The zero-order valence-electron chi connectivity index (χ0n) is 11.5. The van der Waals surface area contributed by atoms with Gasteiger partial charge >= 0.3 is 0 Å². The molecule has 3 heteroatoms. The third-order valence-corrected chi connectivity index (χ3v) is 5.72. The van der Waals surface area contributed by atoms with Gasteiger partial charge in [0.05, 0.1) is 13.2 Å². The molecule has 3 nitrogen and oxygen atoms in total. The zero-order chi connectivity index (χ0) is 12.8. The van der Waals surface area contributed by atoms with Gasteiger partial charge in [-0.25, -0.2) is 0 Å². The SMILES string of the molecule is C[C@@H]1C(=O)CC[C@]2(C)C(C3OCCO3)CCCC12. The van der Waals surface area contributed by atoms with E-state index >= 15 is 0 Å². The molecule has 102 valence electrons. The molecule has 3 rings (SSSR count). The van der Waals surface area contributed by atoms with Gasteiger partial charge in [0.25, 0.3) is 0 Å². The van der Waals surface area contributed by atoms with Crippen LogP contribution in [0.5, 0.6) is 0 Å². The van der Waals surface area contributed by atoms with Crippen LogP contribution >= 0.6 is 0 Å². The normalized spacial score (nSPS) is 46.1. The van der Waals surface area contributed by atoms with Crippen molar-refractivity contribution < 1.29 is 14.3 Å². The molecule has 3 fully saturated rings. The second-order valence-corrected chi connectivity index (χ2v) is 6.51. The first-order valence-electron chi connectivity index (χ1n) is 7.39. The van der Waals surface area contributed by atoms with Gasteiger partial charge in [0.2, 0.25) is 0 Å². The van der Waals surface area contributed by atoms with Gasteiger partial charge in [0.15, 0.2) is 6.29 Å². The number of hydrogen-bond acceptors (Lipinski definition) is 3. The Morgan fingerprint density at radius 1 is 1.17 bits per heavy atom. The van der Waals surface area contributed by atoms with Gasteiger partial charge < -0.3 is 9.47 Å². The van der Waals surface area contributed by atoms with Gasteiger partial charge in [-0.3, -0.25) is 4.79 Å². The number of ether oxygens (including phenoxy) is 2. The van der Waals surface area contributed by atoms with Crippen LogP contribution in [0.1, 0.15) is 46.0 Å². The van der Waals surface area contributed by atoms with Gasteiger partial charge in [0.1, 0.15) is 5.78 Å². The summed E-state index contributed by atoms with van der Waals surface area (Å²) >= 11 is 0. The number of carbonyl (C=O) groups is 1. The number of hydrogen-bond donors (Lipinski definition) is 0. The molecule has 2 unspecified atom stereocenters. The molecule has 0 radical (unpaired) electrons. The van der Waals surface area contributed by atoms with Crippen LogP contribution in [-0.4, -0.2) is 25.3 Å². The van der Waals surface area contributed by atoms with Crippen molar-refractivity contribution in [2.24, 2.45) is 23.2 Å². The number of fused-ring (bicyclic) bond motifs is 1. The smallest absolute Gasteiger partial charge is 0.161 e. The lowest BCUT2D eigenvalue weighted by atomic mass is 9.52. The molecule has 3 aliphatic rings. The largest absolute Gasteiger partial charge is 0.350 e. The summed E-state index contributed by atoms with van der Waals surface area (Å²) in [7, 11) is 0. The monoisotopic (exact) mass is 252 g/mol. The van der Waals surface area contributed by atoms with E-state index in [-0.39, 0.29) is 17.6 Å². The molecule has 0 amide bonds. The number of ketones is 1. The van der Waals surface area contributed by atoms with E-state index in [9.17, 15) is 4.79 Å². The molecule has 0 spiro atoms. The van der Waals surface area contributed by atoms with Crippen molar-refractivity contribution in [1.82, 2.24) is 0 Å². The summed E-state index contributed by atoms with van der Waals surface area (Å²) < 4.78 is 11.5. The van der Waals surface area contributed by atoms with Gasteiger partial charge in [-0.1, -0.05) is 20.3 Å². The summed E-state index contributed by atoms with van der Waals surface area (Å²) in [6.07, 6.45) is 5.36. The van der Waals surface area contributed by atoms with Crippen LogP contribution in [-0.2, 0) is 14.3 Å². The van der Waals surface area contributed by atoms with Crippen LogP contribution in [0, 0.1) is 23.2 Å². The van der Waals surface area contributed by atoms with E-state index in [0.29, 0.717) is 17.6 Å². The molecule has 2 aliphatic carbocycles. The molecule has 2 saturated carbocycles. The van der Waals surface area contributed by atoms with E-state index in [1.807, 2.05) is 0 Å². The van der Waals surface area contributed by atoms with Crippen molar-refractivity contribution in [1.29, 1.82) is 0 Å². The number of rotatable bonds is 1. The highest BCUT2D eigenvalue weighted by Gasteiger charge is 2.53. The summed E-state index contributed by atoms with van der Waals surface area (Å²) in [6, 6.07) is 0. The first-order valence-corrected chi connectivity index (χ1v) is 7.39. The second kappa shape index (κ2) is 4.61. The lowest BCUT2D eigenvalue weighted by Gasteiger charge is -2.53. The molecule has 18 heavy (non-hydrogen) atoms. The average Bonchev–Trinajstić information content (AvgIpc) is 2.87. The van der Waals surface area contributed by atoms with Crippen LogP contribution in [0.25, 0.3) is 0 Å². The number of Topliss-reactive ketones (excluding diaryl/α,β-unsaturated/α-hetero) is 1. The molecule has 1 aliphatic heterocycles. The van der Waals surface area contributed by atoms with Crippen molar-refractivity contribution in [3.63, 3.8) is 0 Å². The third kappa shape index (κ3) is 1.83. The van der Waals surface area contributed by atoms with Gasteiger partial charge in [0, 0.05) is 18.3 Å². The van der Waals surface area contributed by atoms with Crippen LogP contribution in [0.2, 0.25) is 0 Å². The van der Waals surface area contributed by atoms with Crippen LogP contribution < -0.4 is 0 Å². The minimum atomic E-state index is -0.0156. The predicted octanol–water partition coefficient (Wildman–Crippen LogP) is 2.78. The van der Waals surface area contributed by atoms with Crippen molar-refractivity contribution in [3.05, 3.63) is 0 Å². The fourth-order valence-electron chi connectivity index (χ4n) is 4.58. The summed E-state index contributed by atoms with van der Waals surface area (Å²) in [6.45, 7) is 5.96. The standard InChI is InChI=1S/C15H24O3/c1-10-11-4-3-5-12(14-17-8-9-18-14)15(11,2)7-6-13(10)16/h10-12,14H,3-9H2,1-2H3/t10-,11?,12?,15-/m0/s1. The van der Waals surface area contributed by atoms with E-state index in [2.05, 4.69) is 13.8 Å². The lowest BCUT2D eigenvalue weighted by Crippen LogP contribution is -2.51. The predicted molar refractivity (Wildman–Crippen MR) is 68.0 cm³/mol. The quantitative estimate of drug-likeness (QED) is 0.720. The third-order valence-electron chi connectivity index (χ3n) is 5.72. The second-order valence-electron chi connectivity index (χ2n) is 6.51. The molecule has 0 aromatic rings. The molecule has 0 N–H and O–H groups in total. The van der Waals surface area contributed by atoms with Crippen molar-refractivity contribution in [2.45, 2.75) is 52.2 Å². The Bertz CT molecular complexity index is 335. The van der Waals surface area contributed by atoms with Gasteiger partial charge in [-0.2, -0.15) is 0 Å². The minimum absolute atomic E-state index is 0.0156. The van der Waals surface area contributed by atoms with Crippen LogP contribution in [0.4, 0.5) is 0 Å². The molecular weight excluding hydrogens is 228 g/mol. The summed E-state index contributed by atoms with van der Waals surface area (Å²) in [4.78, 5) is 12.0. The molecular formula is C15H24O3. The Morgan fingerprint density at radius 2 is 1.83 bits per heavy atom. The Labute approximate surface area is 109 Å². The summed E-state index contributed by atoms with van der Waals surface area (Å²) in [5, 5.41) is 0. The van der Waals surface area contributed by atoms with Crippen LogP contribution in [0.3, 0.4) is 0 Å². The Balaban J connectivity index is 1.85. The topological polar surface area (TPSA) is 35.5 Å². The van der Waals surface area contributed by atoms with E-state index in [1.165, 1.54) is 19.3 Å². The maximum absolute atomic E-state index is 12.0. The summed E-state index contributed by atoms with van der Waals surface area (Å²) in [5.41, 5.74) is 0.237. The molecule has 4 atom stereocenters. The molecule has 0 aromatic heterocycles. The Kier molecular flexibility index (Phi) is 3.23. The fraction of sp³-hybridized carbons (Fsp3) is 0.933. The summed E-state index contributed by atoms with van der Waals surface area (Å²) in [5.74, 6) is 1.71. The van der Waals surface area contributed by atoms with E-state index in [1.54, 1.807) is 0 Å². The highest BCUT2D eigenvalue weighted by Crippen LogP contribution is 2.56. The molecule has 0 aromatic carbocycles. The van der Waals surface area contributed by atoms with Crippen molar-refractivity contribution in [2.75, 3.05) is 13.2 Å². The minimum Gasteiger partial charge on any atom is -0.350 e. The average molecular weight is 252 g/mol. The first kappa shape index (κ1) is 12.6. The van der Waals surface area contributed by atoms with Gasteiger partial charge in [-0.05, 0) is 30.6 Å². The maximum atomic E-state index is 12.0. The number of carbonyl (C=O) groups excluding carboxylic acids is 1. The van der Waals surface area contributed by atoms with E-state index in [0.717, 1.165) is 26.1 Å². The van der Waals surface area contributed by atoms with E-state index in [4.69, 9.17) is 9.47 Å². The molecule has 1 saturated heterocycles. The zero-order valence-corrected chi connectivity index (χ0v) is 11.5. The Hall–Kier alpha value is -0.410. The highest BCUT2D eigenvalue weighted by atomic mass is 16.7. The van der Waals surface area contributed by atoms with Crippen LogP contribution in [0.15, 0.2) is 0 Å². The van der Waals surface area contributed by atoms with Gasteiger partial charge in [-0.15, -0.1) is 0 Å².